The average Bonchev–Trinajstić information content (AvgIpc) is 2.53. The van der Waals surface area contributed by atoms with Crippen molar-refractivity contribution in [3.63, 3.8) is 0 Å². The van der Waals surface area contributed by atoms with Gasteiger partial charge in [-0.25, -0.2) is 4.79 Å². The Morgan fingerprint density at radius 3 is 2.54 bits per heavy atom. The molecule has 0 spiro atoms. The van der Waals surface area contributed by atoms with Gasteiger partial charge in [0.05, 0.1) is 17.2 Å². The molecule has 1 aromatic rings. The van der Waals surface area contributed by atoms with Crippen LogP contribution in [0.15, 0.2) is 29.4 Å². The third kappa shape index (κ3) is 5.27. The molecule has 0 bridgehead atoms. The van der Waals surface area contributed by atoms with Crippen LogP contribution in [0.25, 0.3) is 5.57 Å². The Hall–Kier alpha value is -2.97. The van der Waals surface area contributed by atoms with Crippen molar-refractivity contribution < 1.29 is 18.8 Å². The Morgan fingerprint density at radius 2 is 2.08 bits per heavy atom. The summed E-state index contributed by atoms with van der Waals surface area (Å²) in [6.45, 7) is 5.18. The lowest BCUT2D eigenvalue weighted by molar-refractivity contribution is -0.387. The lowest BCUT2D eigenvalue weighted by Crippen LogP contribution is -2.37. The number of nitrogens with zero attached hydrogens (tertiary/aromatic N) is 3. The third-order valence-corrected chi connectivity index (χ3v) is 3.30. The molecule has 9 heteroatoms. The number of carbonyl (C=O) groups is 1. The molecule has 0 aliphatic heterocycles. The first-order valence-corrected chi connectivity index (χ1v) is 7.77. The Morgan fingerprint density at radius 1 is 1.46 bits per heavy atom. The quantitative estimate of drug-likeness (QED) is 0.489. The molecule has 0 unspecified atom stereocenters. The van der Waals surface area contributed by atoms with Gasteiger partial charge >= 0.3 is 11.8 Å². The van der Waals surface area contributed by atoms with E-state index in [1.54, 1.807) is 20.8 Å². The van der Waals surface area contributed by atoms with E-state index in [2.05, 4.69) is 4.99 Å². The topological polar surface area (TPSA) is 111 Å². The van der Waals surface area contributed by atoms with E-state index in [9.17, 15) is 19.3 Å². The molecular weight excluding hydrogens is 343 g/mol. The molecule has 26 heavy (non-hydrogen) atoms. The molecule has 0 aliphatic carbocycles. The van der Waals surface area contributed by atoms with E-state index in [1.165, 1.54) is 31.1 Å². The number of benzene rings is 1. The minimum absolute atomic E-state index is 0.0173. The SMILES string of the molecule is CN=C(CN(C)C(=O)OC(C)(C)C)/C(=C\N)c1cccc([N+](=O)[O-])c1F. The largest absolute Gasteiger partial charge is 0.444 e. The van der Waals surface area contributed by atoms with Crippen LogP contribution in [-0.2, 0) is 4.74 Å². The second-order valence-corrected chi connectivity index (χ2v) is 6.48. The number of nitro benzene ring substituents is 1. The third-order valence-electron chi connectivity index (χ3n) is 3.30. The standard InChI is InChI=1S/C17H23FN4O4/c1-17(2,3)26-16(23)21(5)10-13(20-4)12(9-19)11-7-6-8-14(15(11)18)22(24)25/h6-9H,10,19H2,1-5H3/b12-9-,20-13?. The minimum atomic E-state index is -1.02. The highest BCUT2D eigenvalue weighted by Crippen LogP contribution is 2.26. The van der Waals surface area contributed by atoms with Gasteiger partial charge in [0.25, 0.3) is 0 Å². The van der Waals surface area contributed by atoms with Crippen molar-refractivity contribution in [3.8, 4) is 0 Å². The Bertz CT molecular complexity index is 754. The lowest BCUT2D eigenvalue weighted by atomic mass is 10.00. The highest BCUT2D eigenvalue weighted by Gasteiger charge is 2.25. The van der Waals surface area contributed by atoms with Crippen LogP contribution in [-0.4, -0.2) is 47.9 Å². The van der Waals surface area contributed by atoms with Crippen LogP contribution in [0.1, 0.15) is 26.3 Å². The van der Waals surface area contributed by atoms with Crippen molar-refractivity contribution in [2.45, 2.75) is 26.4 Å². The summed E-state index contributed by atoms with van der Waals surface area (Å²) in [5.41, 5.74) is 4.64. The molecule has 0 atom stereocenters. The maximum Gasteiger partial charge on any atom is 0.410 e. The molecule has 0 radical (unpaired) electrons. The van der Waals surface area contributed by atoms with Crippen molar-refractivity contribution in [2.75, 3.05) is 20.6 Å². The van der Waals surface area contributed by atoms with Gasteiger partial charge in [0.15, 0.2) is 0 Å². The van der Waals surface area contributed by atoms with Crippen LogP contribution in [0.5, 0.6) is 0 Å². The monoisotopic (exact) mass is 366 g/mol. The minimum Gasteiger partial charge on any atom is -0.444 e. The summed E-state index contributed by atoms with van der Waals surface area (Å²) in [4.78, 5) is 27.5. The molecule has 0 saturated carbocycles. The number of nitrogens with two attached hydrogens (primary N) is 1. The summed E-state index contributed by atoms with van der Waals surface area (Å²) >= 11 is 0. The van der Waals surface area contributed by atoms with Gasteiger partial charge in [-0.1, -0.05) is 12.1 Å². The summed E-state index contributed by atoms with van der Waals surface area (Å²) in [5, 5.41) is 10.9. The molecule has 0 aromatic heterocycles. The molecule has 0 saturated heterocycles. The number of ether oxygens (including phenoxy) is 1. The van der Waals surface area contributed by atoms with E-state index in [4.69, 9.17) is 10.5 Å². The Kier molecular flexibility index (Phi) is 6.82. The first-order chi connectivity index (χ1) is 12.0. The number of hydrogen-bond donors (Lipinski definition) is 1. The molecule has 142 valence electrons. The second kappa shape index (κ2) is 8.41. The van der Waals surface area contributed by atoms with E-state index in [0.717, 1.165) is 12.3 Å². The highest BCUT2D eigenvalue weighted by molar-refractivity contribution is 6.25. The fourth-order valence-corrected chi connectivity index (χ4v) is 2.12. The summed E-state index contributed by atoms with van der Waals surface area (Å²) in [5.74, 6) is -1.02. The molecule has 1 aromatic carbocycles. The van der Waals surface area contributed by atoms with Crippen LogP contribution >= 0.6 is 0 Å². The lowest BCUT2D eigenvalue weighted by Gasteiger charge is -2.25. The van der Waals surface area contributed by atoms with E-state index < -0.39 is 28.1 Å². The van der Waals surface area contributed by atoms with Gasteiger partial charge in [-0.3, -0.25) is 15.1 Å². The molecule has 8 nitrogen and oxygen atoms in total. The van der Waals surface area contributed by atoms with E-state index in [0.29, 0.717) is 0 Å². The Labute approximate surface area is 151 Å². The van der Waals surface area contributed by atoms with Crippen molar-refractivity contribution in [1.82, 2.24) is 4.90 Å². The fraction of sp³-hybridized carbons (Fsp3) is 0.412. The van der Waals surface area contributed by atoms with Crippen molar-refractivity contribution in [1.29, 1.82) is 0 Å². The maximum atomic E-state index is 14.5. The Balaban J connectivity index is 3.15. The molecule has 0 aliphatic rings. The molecule has 0 fully saturated rings. The summed E-state index contributed by atoms with van der Waals surface area (Å²) in [6, 6.07) is 3.77. The number of amides is 1. The van der Waals surface area contributed by atoms with Gasteiger partial charge in [0, 0.05) is 37.5 Å². The fourth-order valence-electron chi connectivity index (χ4n) is 2.12. The van der Waals surface area contributed by atoms with Crippen molar-refractivity contribution in [2.24, 2.45) is 10.7 Å². The first kappa shape index (κ1) is 21.1. The van der Waals surface area contributed by atoms with Gasteiger partial charge in [-0.2, -0.15) is 4.39 Å². The molecule has 1 amide bonds. The van der Waals surface area contributed by atoms with Crippen LogP contribution in [0.4, 0.5) is 14.9 Å². The second-order valence-electron chi connectivity index (χ2n) is 6.48. The van der Waals surface area contributed by atoms with E-state index in [-0.39, 0.29) is 23.4 Å². The zero-order chi connectivity index (χ0) is 20.1. The predicted octanol–water partition coefficient (Wildman–Crippen LogP) is 2.97. The molecule has 1 rings (SSSR count). The highest BCUT2D eigenvalue weighted by atomic mass is 19.1. The van der Waals surface area contributed by atoms with Crippen LogP contribution in [0.3, 0.4) is 0 Å². The predicted molar refractivity (Wildman–Crippen MR) is 97.4 cm³/mol. The van der Waals surface area contributed by atoms with Crippen LogP contribution < -0.4 is 5.73 Å². The molecule has 0 heterocycles. The van der Waals surface area contributed by atoms with Crippen LogP contribution in [0.2, 0.25) is 0 Å². The number of aliphatic imine (C=N–C) groups is 1. The van der Waals surface area contributed by atoms with Gasteiger partial charge in [0.2, 0.25) is 5.82 Å². The van der Waals surface area contributed by atoms with Crippen molar-refractivity contribution >= 4 is 23.1 Å². The van der Waals surface area contributed by atoms with Crippen LogP contribution in [0, 0.1) is 15.9 Å². The number of hydrogen-bond acceptors (Lipinski definition) is 6. The number of nitro groups is 1. The van der Waals surface area contributed by atoms with Gasteiger partial charge in [0.1, 0.15) is 5.60 Å². The van der Waals surface area contributed by atoms with E-state index >= 15 is 0 Å². The smallest absolute Gasteiger partial charge is 0.410 e. The number of carbonyl (C=O) groups excluding carboxylic acids is 1. The van der Waals surface area contributed by atoms with Gasteiger partial charge in [-0.05, 0) is 20.8 Å². The summed E-state index contributed by atoms with van der Waals surface area (Å²) in [6.07, 6.45) is 0.516. The van der Waals surface area contributed by atoms with Crippen molar-refractivity contribution in [3.05, 3.63) is 45.9 Å². The first-order valence-electron chi connectivity index (χ1n) is 7.77. The van der Waals surface area contributed by atoms with E-state index in [1.807, 2.05) is 0 Å². The summed E-state index contributed by atoms with van der Waals surface area (Å²) < 4.78 is 19.7. The summed E-state index contributed by atoms with van der Waals surface area (Å²) in [7, 11) is 2.95. The number of halogens is 1. The zero-order valence-corrected chi connectivity index (χ0v) is 15.4. The normalized spacial score (nSPS) is 12.7. The van der Waals surface area contributed by atoms with Gasteiger partial charge in [-0.15, -0.1) is 0 Å². The van der Waals surface area contributed by atoms with Gasteiger partial charge < -0.3 is 15.4 Å². The maximum absolute atomic E-state index is 14.5. The molecular formula is C17H23FN4O4. The molecule has 2 N–H and O–H groups in total. The average molecular weight is 366 g/mol. The zero-order valence-electron chi connectivity index (χ0n) is 15.4. The number of rotatable bonds is 5.